The van der Waals surface area contributed by atoms with Crippen LogP contribution in [0.3, 0.4) is 0 Å². The second-order valence-corrected chi connectivity index (χ2v) is 18.7. The van der Waals surface area contributed by atoms with E-state index >= 15 is 0 Å². The summed E-state index contributed by atoms with van der Waals surface area (Å²) in [7, 11) is 0. The fraction of sp³-hybridized carbons (Fsp3) is 0.879. The van der Waals surface area contributed by atoms with E-state index in [2.05, 4.69) is 37.9 Å². The van der Waals surface area contributed by atoms with Gasteiger partial charge in [0, 0.05) is 19.0 Å². The van der Waals surface area contributed by atoms with Crippen LogP contribution in [0, 0.1) is 52.3 Å². The van der Waals surface area contributed by atoms with Gasteiger partial charge in [0.05, 0.1) is 18.1 Å². The Hall–Kier alpha value is -1.63. The van der Waals surface area contributed by atoms with Gasteiger partial charge < -0.3 is 39.9 Å². The molecule has 4 aliphatic rings. The molecule has 4 aliphatic carbocycles. The van der Waals surface area contributed by atoms with Gasteiger partial charge in [-0.05, 0) is 122 Å². The van der Waals surface area contributed by atoms with Crippen LogP contribution in [-0.2, 0) is 40.5 Å². The number of carboxylic acids is 1. The Labute approximate surface area is 282 Å². The van der Waals surface area contributed by atoms with Crippen LogP contribution in [0.15, 0.2) is 0 Å². The van der Waals surface area contributed by atoms with Crippen LogP contribution in [-0.4, -0.2) is 80.6 Å². The van der Waals surface area contributed by atoms with E-state index in [0.717, 1.165) is 44.9 Å². The molecule has 1 amide bonds. The zero-order valence-electron chi connectivity index (χ0n) is 27.8. The van der Waals surface area contributed by atoms with Crippen LogP contribution in [0.25, 0.3) is 0 Å². The van der Waals surface area contributed by atoms with Crippen molar-refractivity contribution in [3.05, 3.63) is 0 Å². The Morgan fingerprint density at radius 2 is 1.64 bits per heavy atom. The van der Waals surface area contributed by atoms with Gasteiger partial charge in [-0.25, -0.2) is 0 Å². The Bertz CT molecular complexity index is 1210. The molecular weight excluding hydrogens is 649 g/mol. The lowest BCUT2D eigenvalue weighted by Crippen LogP contribution is -2.58. The van der Waals surface area contributed by atoms with Gasteiger partial charge in [-0.2, -0.15) is 0 Å². The van der Waals surface area contributed by atoms with Crippen LogP contribution in [0.4, 0.5) is 0 Å². The maximum atomic E-state index is 12.6. The first-order valence-electron chi connectivity index (χ1n) is 17.2. The molecular formula is C33H54NO11PS. The highest BCUT2D eigenvalue weighted by atomic mass is 32.5. The third-order valence-corrected chi connectivity index (χ3v) is 14.1. The Morgan fingerprint density at radius 3 is 2.32 bits per heavy atom. The zero-order chi connectivity index (χ0) is 34.7. The SMILES string of the molecule is C[C@H](CCC(=O)NCC(=O)OCOC(=O)CCC(CP(O)(O)=S)C(=O)O)C1CCC2C3CC[C@@H]4C[C@H](O)CC[C@]4(C)C3C[C@H](O)[C@@]21C. The van der Waals surface area contributed by atoms with Crippen LogP contribution < -0.4 is 5.32 Å². The number of ether oxygens (including phenoxy) is 2. The predicted molar refractivity (Wildman–Crippen MR) is 175 cm³/mol. The number of carboxylic acid groups (broad SMARTS) is 1. The van der Waals surface area contributed by atoms with E-state index in [9.17, 15) is 39.2 Å². The second-order valence-electron chi connectivity index (χ2n) is 15.3. The molecule has 0 spiro atoms. The van der Waals surface area contributed by atoms with Gasteiger partial charge in [0.25, 0.3) is 0 Å². The Kier molecular flexibility index (Phi) is 12.6. The second kappa shape index (κ2) is 15.5. The number of hydrogen-bond acceptors (Lipinski definition) is 9. The number of fused-ring (bicyclic) bond motifs is 5. The zero-order valence-corrected chi connectivity index (χ0v) is 29.6. The smallest absolute Gasteiger partial charge is 0.328 e. The van der Waals surface area contributed by atoms with Crippen molar-refractivity contribution in [1.82, 2.24) is 5.32 Å². The summed E-state index contributed by atoms with van der Waals surface area (Å²) in [6.07, 6.45) is 7.22. The summed E-state index contributed by atoms with van der Waals surface area (Å²) >= 11 is 4.46. The average Bonchev–Trinajstić information content (AvgIpc) is 3.36. The minimum atomic E-state index is -3.75. The number of esters is 2. The lowest BCUT2D eigenvalue weighted by molar-refractivity contribution is -0.175. The van der Waals surface area contributed by atoms with Crippen molar-refractivity contribution in [3.8, 4) is 0 Å². The first-order valence-corrected chi connectivity index (χ1v) is 20.1. The van der Waals surface area contributed by atoms with E-state index in [1.807, 2.05) is 0 Å². The normalized spacial score (nSPS) is 36.2. The molecule has 0 aromatic heterocycles. The first kappa shape index (κ1) is 38.2. The molecule has 14 heteroatoms. The van der Waals surface area contributed by atoms with Gasteiger partial charge in [0.2, 0.25) is 12.7 Å². The molecule has 6 N–H and O–H groups in total. The molecule has 4 rings (SSSR count). The van der Waals surface area contributed by atoms with Crippen molar-refractivity contribution in [1.29, 1.82) is 0 Å². The molecule has 0 saturated heterocycles. The van der Waals surface area contributed by atoms with Crippen molar-refractivity contribution in [2.75, 3.05) is 19.5 Å². The third-order valence-electron chi connectivity index (χ3n) is 12.7. The number of nitrogens with one attached hydrogen (secondary N) is 1. The summed E-state index contributed by atoms with van der Waals surface area (Å²) in [5.74, 6) is -1.88. The van der Waals surface area contributed by atoms with Gasteiger partial charge in [-0.3, -0.25) is 19.2 Å². The molecule has 0 radical (unpaired) electrons. The van der Waals surface area contributed by atoms with Crippen LogP contribution in [0.2, 0.25) is 0 Å². The molecule has 12 nitrogen and oxygen atoms in total. The van der Waals surface area contributed by atoms with Crippen molar-refractivity contribution in [2.24, 2.45) is 52.3 Å². The molecule has 11 atom stereocenters. The average molecular weight is 704 g/mol. The number of carbonyl (C=O) groups excluding carboxylic acids is 3. The number of aliphatic hydroxyl groups excluding tert-OH is 2. The molecule has 5 unspecified atom stereocenters. The van der Waals surface area contributed by atoms with E-state index in [1.54, 1.807) is 0 Å². The first-order chi connectivity index (χ1) is 22.0. The van der Waals surface area contributed by atoms with Gasteiger partial charge in [-0.15, -0.1) is 0 Å². The molecule has 268 valence electrons. The third kappa shape index (κ3) is 8.94. The lowest BCUT2D eigenvalue weighted by Gasteiger charge is -2.62. The highest BCUT2D eigenvalue weighted by molar-refractivity contribution is 8.09. The minimum Gasteiger partial charge on any atom is -0.481 e. The van der Waals surface area contributed by atoms with E-state index in [4.69, 9.17) is 14.6 Å². The summed E-state index contributed by atoms with van der Waals surface area (Å²) in [6, 6.07) is 0. The van der Waals surface area contributed by atoms with Gasteiger partial charge in [-0.1, -0.05) is 20.8 Å². The summed E-state index contributed by atoms with van der Waals surface area (Å²) < 4.78 is 9.62. The molecule has 0 aliphatic heterocycles. The molecule has 4 fully saturated rings. The number of rotatable bonds is 14. The van der Waals surface area contributed by atoms with Crippen molar-refractivity contribution < 1.29 is 53.8 Å². The number of aliphatic hydroxyl groups is 2. The van der Waals surface area contributed by atoms with Gasteiger partial charge in [0.1, 0.15) is 6.54 Å². The predicted octanol–water partition coefficient (Wildman–Crippen LogP) is 3.33. The molecule has 0 bridgehead atoms. The fourth-order valence-corrected chi connectivity index (χ4v) is 11.6. The van der Waals surface area contributed by atoms with Gasteiger partial charge >= 0.3 is 17.9 Å². The molecule has 47 heavy (non-hydrogen) atoms. The maximum absolute atomic E-state index is 12.6. The van der Waals surface area contributed by atoms with E-state index < -0.39 is 55.9 Å². The van der Waals surface area contributed by atoms with Crippen molar-refractivity contribution >= 4 is 42.1 Å². The Morgan fingerprint density at radius 1 is 0.936 bits per heavy atom. The van der Waals surface area contributed by atoms with Crippen LogP contribution in [0.1, 0.15) is 97.8 Å². The molecule has 0 aromatic carbocycles. The standard InChI is InChI=1S/C33H54NO11PS/c1-19(4-10-28(37)34-16-30(39)45-18-44-29(38)11-5-20(31(40)41)17-46(42,43)47)24-8-9-25-23-7-6-21-14-22(35)12-13-32(21,2)26(23)15-27(36)33(24,25)3/h19-27,35-36H,4-18H2,1-3H3,(H,34,37)(H,40,41)(H2,42,43,47)/t19-,20?,21-,22-,23?,24?,25?,26?,27+,32+,33-/m1/s1. The molecule has 0 aromatic rings. The summed E-state index contributed by atoms with van der Waals surface area (Å²) in [5, 5.41) is 33.8. The summed E-state index contributed by atoms with van der Waals surface area (Å²) in [5.41, 5.74) is -0.0116. The molecule has 4 saturated carbocycles. The van der Waals surface area contributed by atoms with Crippen LogP contribution >= 0.6 is 6.49 Å². The Balaban J connectivity index is 1.17. The van der Waals surface area contributed by atoms with Crippen molar-refractivity contribution in [3.63, 3.8) is 0 Å². The van der Waals surface area contributed by atoms with E-state index in [-0.39, 0.29) is 48.0 Å². The minimum absolute atomic E-state index is 0.184. The fourth-order valence-electron chi connectivity index (χ4n) is 10.1. The lowest BCUT2D eigenvalue weighted by atomic mass is 9.43. The van der Waals surface area contributed by atoms with E-state index in [0.29, 0.717) is 36.0 Å². The van der Waals surface area contributed by atoms with E-state index in [1.165, 1.54) is 6.42 Å². The number of aliphatic carboxylic acids is 1. The van der Waals surface area contributed by atoms with Gasteiger partial charge in [0.15, 0.2) is 6.49 Å². The highest BCUT2D eigenvalue weighted by Crippen LogP contribution is 2.68. The largest absolute Gasteiger partial charge is 0.481 e. The summed E-state index contributed by atoms with van der Waals surface area (Å²) in [4.78, 5) is 66.5. The summed E-state index contributed by atoms with van der Waals surface area (Å²) in [6.45, 7) is 2.01. The molecule has 0 heterocycles. The highest BCUT2D eigenvalue weighted by Gasteiger charge is 2.63. The maximum Gasteiger partial charge on any atom is 0.328 e. The monoisotopic (exact) mass is 703 g/mol. The van der Waals surface area contributed by atoms with Crippen LogP contribution in [0.5, 0.6) is 0 Å². The number of hydrogen-bond donors (Lipinski definition) is 6. The topological polar surface area (TPSA) is 200 Å². The quantitative estimate of drug-likeness (QED) is 0.0878. The van der Waals surface area contributed by atoms with Crippen molar-refractivity contribution in [2.45, 2.75) is 110 Å². The number of carbonyl (C=O) groups is 4. The number of amides is 1.